The van der Waals surface area contributed by atoms with Crippen molar-refractivity contribution >= 4 is 23.5 Å². The molecule has 0 aliphatic rings. The SMILES string of the molecule is Cn1cc(Cl)cc1C(=O)NCc1cc(C(=O)O)ccn1. The van der Waals surface area contributed by atoms with E-state index in [2.05, 4.69) is 10.3 Å². The van der Waals surface area contributed by atoms with E-state index >= 15 is 0 Å². The first-order valence-electron chi connectivity index (χ1n) is 5.75. The third kappa shape index (κ3) is 3.16. The maximum absolute atomic E-state index is 11.9. The molecule has 0 aliphatic heterocycles. The normalized spacial score (nSPS) is 10.3. The Balaban J connectivity index is 2.05. The molecule has 2 N–H and O–H groups in total. The molecule has 0 radical (unpaired) electrons. The third-order valence-corrected chi connectivity index (χ3v) is 2.90. The molecule has 104 valence electrons. The smallest absolute Gasteiger partial charge is 0.335 e. The van der Waals surface area contributed by atoms with E-state index < -0.39 is 5.97 Å². The number of aromatic carboxylic acids is 1. The summed E-state index contributed by atoms with van der Waals surface area (Å²) in [5, 5.41) is 12.0. The van der Waals surface area contributed by atoms with E-state index in [0.29, 0.717) is 16.4 Å². The molecule has 0 bridgehead atoms. The van der Waals surface area contributed by atoms with E-state index in [1.165, 1.54) is 18.3 Å². The summed E-state index contributed by atoms with van der Waals surface area (Å²) in [7, 11) is 1.71. The van der Waals surface area contributed by atoms with Gasteiger partial charge in [0.25, 0.3) is 5.91 Å². The van der Waals surface area contributed by atoms with Crippen molar-refractivity contribution in [2.45, 2.75) is 6.54 Å². The highest BCUT2D eigenvalue weighted by molar-refractivity contribution is 6.31. The van der Waals surface area contributed by atoms with Crippen LogP contribution in [0.4, 0.5) is 0 Å². The molecule has 0 fully saturated rings. The van der Waals surface area contributed by atoms with Crippen LogP contribution in [-0.4, -0.2) is 26.5 Å². The third-order valence-electron chi connectivity index (χ3n) is 2.70. The van der Waals surface area contributed by atoms with Crippen molar-refractivity contribution in [3.63, 3.8) is 0 Å². The van der Waals surface area contributed by atoms with Crippen molar-refractivity contribution in [2.75, 3.05) is 0 Å². The van der Waals surface area contributed by atoms with Gasteiger partial charge in [0.05, 0.1) is 22.8 Å². The molecule has 1 amide bonds. The largest absolute Gasteiger partial charge is 0.478 e. The number of carbonyl (C=O) groups is 2. The van der Waals surface area contributed by atoms with Gasteiger partial charge in [-0.3, -0.25) is 9.78 Å². The molecule has 0 unspecified atom stereocenters. The summed E-state index contributed by atoms with van der Waals surface area (Å²) in [6.45, 7) is 0.142. The number of nitrogens with zero attached hydrogens (tertiary/aromatic N) is 2. The van der Waals surface area contributed by atoms with Crippen LogP contribution in [0, 0.1) is 0 Å². The van der Waals surface area contributed by atoms with Crippen LogP contribution in [0.1, 0.15) is 26.5 Å². The van der Waals surface area contributed by atoms with Crippen molar-refractivity contribution in [2.24, 2.45) is 7.05 Å². The predicted molar refractivity (Wildman–Crippen MR) is 72.8 cm³/mol. The second-order valence-electron chi connectivity index (χ2n) is 4.18. The Morgan fingerprint density at radius 2 is 2.20 bits per heavy atom. The average molecular weight is 294 g/mol. The Kier molecular flexibility index (Phi) is 4.05. The number of pyridine rings is 1. The first-order valence-corrected chi connectivity index (χ1v) is 6.13. The molecule has 0 spiro atoms. The van der Waals surface area contributed by atoms with Crippen LogP contribution in [-0.2, 0) is 13.6 Å². The molecule has 0 aliphatic carbocycles. The Bertz CT molecular complexity index is 667. The molecule has 0 saturated heterocycles. The molecular weight excluding hydrogens is 282 g/mol. The number of nitrogens with one attached hydrogen (secondary N) is 1. The highest BCUT2D eigenvalue weighted by Gasteiger charge is 2.11. The van der Waals surface area contributed by atoms with E-state index in [1.54, 1.807) is 23.9 Å². The first-order chi connectivity index (χ1) is 9.47. The molecule has 2 rings (SSSR count). The Hall–Kier alpha value is -2.34. The zero-order valence-electron chi connectivity index (χ0n) is 10.6. The lowest BCUT2D eigenvalue weighted by molar-refractivity contribution is 0.0696. The van der Waals surface area contributed by atoms with Gasteiger partial charge in [0.15, 0.2) is 0 Å². The lowest BCUT2D eigenvalue weighted by Gasteiger charge is -2.06. The maximum atomic E-state index is 11.9. The summed E-state index contributed by atoms with van der Waals surface area (Å²) in [5.74, 6) is -1.34. The molecule has 0 atom stereocenters. The summed E-state index contributed by atoms with van der Waals surface area (Å²) >= 11 is 5.80. The summed E-state index contributed by atoms with van der Waals surface area (Å²) in [4.78, 5) is 26.8. The van der Waals surface area contributed by atoms with Crippen molar-refractivity contribution < 1.29 is 14.7 Å². The summed E-state index contributed by atoms with van der Waals surface area (Å²) in [5.41, 5.74) is 1.02. The lowest BCUT2D eigenvalue weighted by Crippen LogP contribution is -2.25. The number of amides is 1. The quantitative estimate of drug-likeness (QED) is 0.898. The van der Waals surface area contributed by atoms with Gasteiger partial charge in [-0.2, -0.15) is 0 Å². The molecule has 6 nitrogen and oxygen atoms in total. The number of aryl methyl sites for hydroxylation is 1. The van der Waals surface area contributed by atoms with Crippen LogP contribution in [0.25, 0.3) is 0 Å². The van der Waals surface area contributed by atoms with Crippen LogP contribution in [0.3, 0.4) is 0 Å². The first kappa shape index (κ1) is 14.1. The van der Waals surface area contributed by atoms with Gasteiger partial charge >= 0.3 is 5.97 Å². The van der Waals surface area contributed by atoms with Gasteiger partial charge in [-0.25, -0.2) is 4.79 Å². The van der Waals surface area contributed by atoms with Gasteiger partial charge < -0.3 is 15.0 Å². The second kappa shape index (κ2) is 5.75. The number of hydrogen-bond acceptors (Lipinski definition) is 3. The van der Waals surface area contributed by atoms with Crippen LogP contribution in [0.5, 0.6) is 0 Å². The zero-order chi connectivity index (χ0) is 14.7. The molecule has 20 heavy (non-hydrogen) atoms. The summed E-state index contributed by atoms with van der Waals surface area (Å²) in [6.07, 6.45) is 3.02. The highest BCUT2D eigenvalue weighted by Crippen LogP contribution is 2.12. The van der Waals surface area contributed by atoms with Gasteiger partial charge in [0.2, 0.25) is 0 Å². The topological polar surface area (TPSA) is 84.2 Å². The van der Waals surface area contributed by atoms with Crippen molar-refractivity contribution in [1.82, 2.24) is 14.9 Å². The van der Waals surface area contributed by atoms with Crippen molar-refractivity contribution in [3.8, 4) is 0 Å². The number of hydrogen-bond donors (Lipinski definition) is 2. The lowest BCUT2D eigenvalue weighted by atomic mass is 10.2. The number of carboxylic acid groups (broad SMARTS) is 1. The fourth-order valence-electron chi connectivity index (χ4n) is 1.72. The molecule has 0 saturated carbocycles. The minimum atomic E-state index is -1.03. The monoisotopic (exact) mass is 293 g/mol. The summed E-state index contributed by atoms with van der Waals surface area (Å²) < 4.78 is 1.61. The fraction of sp³-hybridized carbons (Fsp3) is 0.154. The highest BCUT2D eigenvalue weighted by atomic mass is 35.5. The summed E-state index contributed by atoms with van der Waals surface area (Å²) in [6, 6.07) is 4.36. The number of carbonyl (C=O) groups excluding carboxylic acids is 1. The fourth-order valence-corrected chi connectivity index (χ4v) is 1.97. The van der Waals surface area contributed by atoms with Gasteiger partial charge in [0.1, 0.15) is 5.69 Å². The van der Waals surface area contributed by atoms with Crippen LogP contribution >= 0.6 is 11.6 Å². The molecule has 2 aromatic rings. The van der Waals surface area contributed by atoms with E-state index in [9.17, 15) is 9.59 Å². The number of carboxylic acids is 1. The Labute approximate surface area is 120 Å². The Morgan fingerprint density at radius 1 is 1.45 bits per heavy atom. The zero-order valence-corrected chi connectivity index (χ0v) is 11.4. The Morgan fingerprint density at radius 3 is 2.80 bits per heavy atom. The van der Waals surface area contributed by atoms with Crippen LogP contribution in [0.2, 0.25) is 5.02 Å². The minimum absolute atomic E-state index is 0.131. The van der Waals surface area contributed by atoms with Gasteiger partial charge in [-0.05, 0) is 18.2 Å². The molecule has 2 aromatic heterocycles. The predicted octanol–water partition coefficient (Wildman–Crippen LogP) is 1.70. The second-order valence-corrected chi connectivity index (χ2v) is 4.61. The number of rotatable bonds is 4. The van der Waals surface area contributed by atoms with Crippen LogP contribution < -0.4 is 5.32 Å². The van der Waals surface area contributed by atoms with Crippen molar-refractivity contribution in [3.05, 3.63) is 52.6 Å². The average Bonchev–Trinajstić information content (AvgIpc) is 2.75. The maximum Gasteiger partial charge on any atom is 0.335 e. The minimum Gasteiger partial charge on any atom is -0.478 e. The van der Waals surface area contributed by atoms with Gasteiger partial charge in [0, 0.05) is 19.4 Å². The van der Waals surface area contributed by atoms with Gasteiger partial charge in [-0.15, -0.1) is 0 Å². The van der Waals surface area contributed by atoms with E-state index in [0.717, 1.165) is 0 Å². The molecular formula is C13H12ClN3O3. The van der Waals surface area contributed by atoms with Crippen molar-refractivity contribution in [1.29, 1.82) is 0 Å². The van der Waals surface area contributed by atoms with Crippen LogP contribution in [0.15, 0.2) is 30.6 Å². The van der Waals surface area contributed by atoms with E-state index in [-0.39, 0.29) is 18.0 Å². The standard InChI is InChI=1S/C13H12ClN3O3/c1-17-7-9(14)5-11(17)12(18)16-6-10-4-8(13(19)20)2-3-15-10/h2-5,7H,6H2,1H3,(H,16,18)(H,19,20). The molecule has 0 aromatic carbocycles. The molecule has 2 heterocycles. The van der Waals surface area contributed by atoms with E-state index in [4.69, 9.17) is 16.7 Å². The molecule has 7 heteroatoms. The van der Waals surface area contributed by atoms with Gasteiger partial charge in [-0.1, -0.05) is 11.6 Å². The van der Waals surface area contributed by atoms with E-state index in [1.807, 2.05) is 0 Å². The number of halogens is 1. The number of aromatic nitrogens is 2.